The maximum atomic E-state index is 5.87. The van der Waals surface area contributed by atoms with Crippen LogP contribution in [0.4, 0.5) is 11.6 Å². The number of hydrogen-bond acceptors (Lipinski definition) is 8. The molecule has 0 unspecified atom stereocenters. The smallest absolute Gasteiger partial charge is 0.247 e. The van der Waals surface area contributed by atoms with Crippen molar-refractivity contribution in [3.8, 4) is 17.0 Å². The SMILES string of the molecule is Cc1cc(-c2ccncn2)cc2nnc(Nc3ccc(OCCN4CCCC4)cc3)nc12. The summed E-state index contributed by atoms with van der Waals surface area (Å²) in [6.07, 6.45) is 5.86. The number of ether oxygens (including phenoxy) is 1. The molecule has 8 nitrogen and oxygen atoms in total. The lowest BCUT2D eigenvalue weighted by atomic mass is 10.1. The summed E-state index contributed by atoms with van der Waals surface area (Å²) < 4.78 is 5.87. The molecule has 8 heteroatoms. The lowest BCUT2D eigenvalue weighted by Gasteiger charge is -2.15. The number of nitrogens with one attached hydrogen (secondary N) is 1. The predicted octanol–water partition coefficient (Wildman–Crippen LogP) is 4.01. The highest BCUT2D eigenvalue weighted by Crippen LogP contribution is 2.25. The van der Waals surface area contributed by atoms with E-state index in [-0.39, 0.29) is 0 Å². The quantitative estimate of drug-likeness (QED) is 0.473. The van der Waals surface area contributed by atoms with Crippen LogP contribution in [0.2, 0.25) is 0 Å². The molecular formula is C24H25N7O. The van der Waals surface area contributed by atoms with Crippen LogP contribution >= 0.6 is 0 Å². The van der Waals surface area contributed by atoms with Crippen LogP contribution in [-0.4, -0.2) is 56.3 Å². The van der Waals surface area contributed by atoms with E-state index in [0.717, 1.165) is 45.8 Å². The molecule has 1 aliphatic rings. The molecule has 0 atom stereocenters. The van der Waals surface area contributed by atoms with Crippen molar-refractivity contribution in [2.45, 2.75) is 19.8 Å². The number of benzene rings is 2. The first-order valence-corrected chi connectivity index (χ1v) is 10.9. The van der Waals surface area contributed by atoms with Gasteiger partial charge < -0.3 is 10.1 Å². The number of aryl methyl sites for hydroxylation is 1. The Morgan fingerprint density at radius 2 is 1.88 bits per heavy atom. The van der Waals surface area contributed by atoms with Gasteiger partial charge in [0.15, 0.2) is 0 Å². The van der Waals surface area contributed by atoms with Gasteiger partial charge in [0.25, 0.3) is 0 Å². The molecule has 0 spiro atoms. The van der Waals surface area contributed by atoms with E-state index in [1.54, 1.807) is 6.20 Å². The van der Waals surface area contributed by atoms with E-state index in [0.29, 0.717) is 12.6 Å². The molecule has 1 aliphatic heterocycles. The van der Waals surface area contributed by atoms with Crippen LogP contribution in [0.3, 0.4) is 0 Å². The summed E-state index contributed by atoms with van der Waals surface area (Å²) in [6.45, 7) is 6.08. The molecule has 0 radical (unpaired) electrons. The summed E-state index contributed by atoms with van der Waals surface area (Å²) in [6, 6.07) is 13.7. The molecular weight excluding hydrogens is 402 g/mol. The second kappa shape index (κ2) is 9.23. The van der Waals surface area contributed by atoms with Crippen LogP contribution in [0, 0.1) is 6.92 Å². The topological polar surface area (TPSA) is 89.0 Å². The van der Waals surface area contributed by atoms with Crippen molar-refractivity contribution in [3.05, 3.63) is 60.6 Å². The highest BCUT2D eigenvalue weighted by molar-refractivity contribution is 5.84. The second-order valence-corrected chi connectivity index (χ2v) is 7.94. The van der Waals surface area contributed by atoms with Crippen molar-refractivity contribution in [2.75, 3.05) is 31.6 Å². The molecule has 2 aromatic carbocycles. The summed E-state index contributed by atoms with van der Waals surface area (Å²) >= 11 is 0. The van der Waals surface area contributed by atoms with Crippen molar-refractivity contribution in [1.29, 1.82) is 0 Å². The zero-order valence-corrected chi connectivity index (χ0v) is 18.0. The number of rotatable bonds is 7. The van der Waals surface area contributed by atoms with Gasteiger partial charge in [-0.2, -0.15) is 0 Å². The van der Waals surface area contributed by atoms with E-state index >= 15 is 0 Å². The normalized spacial score (nSPS) is 14.0. The third-order valence-corrected chi connectivity index (χ3v) is 5.61. The minimum Gasteiger partial charge on any atom is -0.492 e. The van der Waals surface area contributed by atoms with Gasteiger partial charge in [0, 0.05) is 24.0 Å². The van der Waals surface area contributed by atoms with E-state index in [1.807, 2.05) is 43.3 Å². The fourth-order valence-corrected chi connectivity index (χ4v) is 3.94. The van der Waals surface area contributed by atoms with Crippen LogP contribution in [0.25, 0.3) is 22.3 Å². The van der Waals surface area contributed by atoms with Gasteiger partial charge in [-0.25, -0.2) is 15.0 Å². The van der Waals surface area contributed by atoms with Crippen molar-refractivity contribution in [2.24, 2.45) is 0 Å². The van der Waals surface area contributed by atoms with Gasteiger partial charge in [-0.3, -0.25) is 4.90 Å². The summed E-state index contributed by atoms with van der Waals surface area (Å²) in [7, 11) is 0. The molecule has 0 saturated carbocycles. The predicted molar refractivity (Wildman–Crippen MR) is 124 cm³/mol. The van der Waals surface area contributed by atoms with E-state index in [1.165, 1.54) is 32.3 Å². The Morgan fingerprint density at radius 3 is 2.66 bits per heavy atom. The number of aromatic nitrogens is 5. The van der Waals surface area contributed by atoms with Crippen LogP contribution < -0.4 is 10.1 Å². The summed E-state index contributed by atoms with van der Waals surface area (Å²) in [5.74, 6) is 1.32. The summed E-state index contributed by atoms with van der Waals surface area (Å²) in [4.78, 5) is 15.4. The Labute approximate surface area is 186 Å². The largest absolute Gasteiger partial charge is 0.492 e. The molecule has 162 valence electrons. The van der Waals surface area contributed by atoms with Gasteiger partial charge in [0.1, 0.15) is 24.2 Å². The molecule has 1 fully saturated rings. The fourth-order valence-electron chi connectivity index (χ4n) is 3.94. The van der Waals surface area contributed by atoms with Gasteiger partial charge in [0.2, 0.25) is 5.95 Å². The number of hydrogen-bond donors (Lipinski definition) is 1. The maximum absolute atomic E-state index is 5.87. The van der Waals surface area contributed by atoms with E-state index in [9.17, 15) is 0 Å². The average Bonchev–Trinajstić information content (AvgIpc) is 3.35. The van der Waals surface area contributed by atoms with Crippen LogP contribution in [0.5, 0.6) is 5.75 Å². The molecule has 4 aromatic rings. The van der Waals surface area contributed by atoms with Gasteiger partial charge in [-0.1, -0.05) is 0 Å². The first-order chi connectivity index (χ1) is 15.7. The monoisotopic (exact) mass is 427 g/mol. The number of likely N-dealkylation sites (tertiary alicyclic amines) is 1. The molecule has 32 heavy (non-hydrogen) atoms. The molecule has 1 N–H and O–H groups in total. The number of anilines is 2. The Morgan fingerprint density at radius 1 is 1.03 bits per heavy atom. The molecule has 1 saturated heterocycles. The van der Waals surface area contributed by atoms with E-state index in [2.05, 4.69) is 41.4 Å². The van der Waals surface area contributed by atoms with Crippen LogP contribution in [0.1, 0.15) is 18.4 Å². The highest BCUT2D eigenvalue weighted by Gasteiger charge is 2.11. The van der Waals surface area contributed by atoms with Crippen LogP contribution in [0.15, 0.2) is 55.0 Å². The molecule has 5 rings (SSSR count). The van der Waals surface area contributed by atoms with Gasteiger partial charge in [-0.15, -0.1) is 10.2 Å². The zero-order chi connectivity index (χ0) is 21.8. The molecule has 0 bridgehead atoms. The first kappa shape index (κ1) is 20.3. The highest BCUT2D eigenvalue weighted by atomic mass is 16.5. The standard InChI is InChI=1S/C24H25N7O/c1-17-14-18(21-8-9-25-16-26-21)15-22-23(17)28-24(30-29-22)27-19-4-6-20(7-5-19)32-13-12-31-10-2-3-11-31/h4-9,14-16H,2-3,10-13H2,1H3,(H,27,28,30). The molecule has 3 heterocycles. The fraction of sp³-hybridized carbons (Fsp3) is 0.292. The number of fused-ring (bicyclic) bond motifs is 1. The zero-order valence-electron chi connectivity index (χ0n) is 18.0. The van der Waals surface area contributed by atoms with Crippen molar-refractivity contribution >= 4 is 22.7 Å². The van der Waals surface area contributed by atoms with Crippen molar-refractivity contribution in [1.82, 2.24) is 30.0 Å². The summed E-state index contributed by atoms with van der Waals surface area (Å²) in [5.41, 5.74) is 5.24. The molecule has 0 amide bonds. The second-order valence-electron chi connectivity index (χ2n) is 7.94. The lowest BCUT2D eigenvalue weighted by molar-refractivity contribution is 0.238. The van der Waals surface area contributed by atoms with Gasteiger partial charge in [0.05, 0.1) is 11.2 Å². The van der Waals surface area contributed by atoms with Crippen molar-refractivity contribution < 1.29 is 4.74 Å². The molecule has 2 aromatic heterocycles. The minimum absolute atomic E-state index is 0.457. The third-order valence-electron chi connectivity index (χ3n) is 5.61. The van der Waals surface area contributed by atoms with Gasteiger partial charge in [-0.05, 0) is 80.9 Å². The van der Waals surface area contributed by atoms with E-state index in [4.69, 9.17) is 4.74 Å². The number of nitrogens with zero attached hydrogens (tertiary/aromatic N) is 6. The van der Waals surface area contributed by atoms with Crippen LogP contribution in [-0.2, 0) is 0 Å². The third kappa shape index (κ3) is 4.65. The van der Waals surface area contributed by atoms with E-state index < -0.39 is 0 Å². The van der Waals surface area contributed by atoms with Gasteiger partial charge >= 0.3 is 0 Å². The Kier molecular flexibility index (Phi) is 5.85. The maximum Gasteiger partial charge on any atom is 0.247 e. The van der Waals surface area contributed by atoms with Crippen molar-refractivity contribution in [3.63, 3.8) is 0 Å². The average molecular weight is 428 g/mol. The molecule has 0 aliphatic carbocycles. The Balaban J connectivity index is 1.26. The summed E-state index contributed by atoms with van der Waals surface area (Å²) in [5, 5.41) is 11.9. The lowest BCUT2D eigenvalue weighted by Crippen LogP contribution is -2.25. The Hall–Kier alpha value is -3.65. The first-order valence-electron chi connectivity index (χ1n) is 10.9. The minimum atomic E-state index is 0.457. The Bertz CT molecular complexity index is 1190.